The van der Waals surface area contributed by atoms with E-state index in [1.165, 1.54) is 49.6 Å². The fourth-order valence-corrected chi connectivity index (χ4v) is 3.77. The van der Waals surface area contributed by atoms with Crippen LogP contribution in [0.5, 0.6) is 11.5 Å². The molecule has 2 N–H and O–H groups in total. The number of benzene rings is 2. The molecule has 2 aromatic heterocycles. The molecule has 1 aliphatic carbocycles. The summed E-state index contributed by atoms with van der Waals surface area (Å²) in [4.78, 5) is 54.1. The van der Waals surface area contributed by atoms with Gasteiger partial charge in [0.25, 0.3) is 11.5 Å². The SMILES string of the molecule is Cn1c(=O)c(C(=O)Nc2ccc(Oc3ccnc(NC(=O)C4CC4)c3)c(F)c2)nn(-c2cccc(Cl)c2)c1=O. The number of rotatable bonds is 7. The highest BCUT2D eigenvalue weighted by Crippen LogP contribution is 2.31. The quantitative estimate of drug-likeness (QED) is 0.359. The summed E-state index contributed by atoms with van der Waals surface area (Å²) in [6.45, 7) is 0. The molecule has 1 aliphatic rings. The van der Waals surface area contributed by atoms with E-state index in [-0.39, 0.29) is 40.5 Å². The summed E-state index contributed by atoms with van der Waals surface area (Å²) in [6.07, 6.45) is 3.10. The van der Waals surface area contributed by atoms with Crippen molar-refractivity contribution in [2.24, 2.45) is 13.0 Å². The highest BCUT2D eigenvalue weighted by molar-refractivity contribution is 6.30. The van der Waals surface area contributed by atoms with Crippen LogP contribution in [0.2, 0.25) is 5.02 Å². The van der Waals surface area contributed by atoms with Gasteiger partial charge in [0.15, 0.2) is 11.6 Å². The fourth-order valence-electron chi connectivity index (χ4n) is 3.59. The third kappa shape index (κ3) is 5.70. The van der Waals surface area contributed by atoms with E-state index in [4.69, 9.17) is 16.3 Å². The van der Waals surface area contributed by atoms with Crippen molar-refractivity contribution in [3.05, 3.63) is 98.2 Å². The third-order valence-corrected chi connectivity index (χ3v) is 6.03. The van der Waals surface area contributed by atoms with Crippen LogP contribution in [0.15, 0.2) is 70.4 Å². The number of nitrogens with one attached hydrogen (secondary N) is 2. The molecule has 39 heavy (non-hydrogen) atoms. The van der Waals surface area contributed by atoms with Crippen LogP contribution < -0.4 is 26.6 Å². The summed E-state index contributed by atoms with van der Waals surface area (Å²) in [5, 5.41) is 9.34. The zero-order chi connectivity index (χ0) is 27.7. The monoisotopic (exact) mass is 550 g/mol. The number of carbonyl (C=O) groups is 2. The largest absolute Gasteiger partial charge is 0.454 e. The van der Waals surface area contributed by atoms with Crippen LogP contribution in [-0.4, -0.2) is 31.1 Å². The maximum atomic E-state index is 14.8. The minimum Gasteiger partial charge on any atom is -0.454 e. The number of aromatic nitrogens is 4. The summed E-state index contributed by atoms with van der Waals surface area (Å²) in [5.74, 6) is -1.53. The van der Waals surface area contributed by atoms with E-state index < -0.39 is 28.7 Å². The van der Waals surface area contributed by atoms with Crippen molar-refractivity contribution in [2.75, 3.05) is 10.6 Å². The van der Waals surface area contributed by atoms with Crippen LogP contribution in [0.4, 0.5) is 15.9 Å². The number of hydrogen-bond donors (Lipinski definition) is 2. The van der Waals surface area contributed by atoms with Crippen LogP contribution in [0.25, 0.3) is 5.69 Å². The van der Waals surface area contributed by atoms with Crippen LogP contribution in [0.1, 0.15) is 23.3 Å². The van der Waals surface area contributed by atoms with Gasteiger partial charge in [0.05, 0.1) is 5.69 Å². The molecule has 4 aromatic rings. The van der Waals surface area contributed by atoms with E-state index in [2.05, 4.69) is 20.7 Å². The topological polar surface area (TPSA) is 137 Å². The van der Waals surface area contributed by atoms with Crippen LogP contribution in [0.3, 0.4) is 0 Å². The summed E-state index contributed by atoms with van der Waals surface area (Å²) in [6, 6.07) is 12.8. The van der Waals surface area contributed by atoms with Crippen molar-refractivity contribution in [2.45, 2.75) is 12.8 Å². The lowest BCUT2D eigenvalue weighted by atomic mass is 10.2. The molecule has 11 nitrogen and oxygen atoms in total. The molecule has 2 aromatic carbocycles. The zero-order valence-electron chi connectivity index (χ0n) is 20.4. The van der Waals surface area contributed by atoms with Crippen LogP contribution >= 0.6 is 11.6 Å². The Kier molecular flexibility index (Phi) is 6.94. The first-order valence-electron chi connectivity index (χ1n) is 11.7. The Balaban J connectivity index is 1.34. The van der Waals surface area contributed by atoms with Crippen LogP contribution in [-0.2, 0) is 11.8 Å². The zero-order valence-corrected chi connectivity index (χ0v) is 21.1. The Morgan fingerprint density at radius 1 is 1.08 bits per heavy atom. The molecule has 0 saturated heterocycles. The summed E-state index contributed by atoms with van der Waals surface area (Å²) >= 11 is 5.99. The minimum absolute atomic E-state index is 0.00719. The molecule has 0 spiro atoms. The predicted molar refractivity (Wildman–Crippen MR) is 140 cm³/mol. The Morgan fingerprint density at radius 2 is 1.87 bits per heavy atom. The number of carbonyl (C=O) groups excluding carboxylic acids is 2. The molecule has 198 valence electrons. The first-order chi connectivity index (χ1) is 18.7. The normalized spacial score (nSPS) is 12.6. The first-order valence-corrected chi connectivity index (χ1v) is 12.1. The lowest BCUT2D eigenvalue weighted by molar-refractivity contribution is -0.117. The third-order valence-electron chi connectivity index (χ3n) is 5.79. The van der Waals surface area contributed by atoms with Crippen LogP contribution in [0, 0.1) is 11.7 Å². The standard InChI is InChI=1S/C26H20ClFN6O5/c1-33-25(37)22(32-34(26(33)38)17-4-2-3-15(27)11-17)24(36)30-16-7-8-20(19(28)12-16)39-18-9-10-29-21(13-18)31-23(35)14-5-6-14/h2-4,7-14H,5-6H2,1H3,(H,30,36)(H,29,31,35). The molecule has 2 heterocycles. The second-order valence-corrected chi connectivity index (χ2v) is 9.17. The van der Waals surface area contributed by atoms with Crippen molar-refractivity contribution in [3.8, 4) is 17.2 Å². The Hall–Kier alpha value is -4.84. The molecule has 13 heteroatoms. The van der Waals surface area contributed by atoms with Crippen molar-refractivity contribution in [1.82, 2.24) is 19.3 Å². The van der Waals surface area contributed by atoms with Gasteiger partial charge >= 0.3 is 5.69 Å². The lowest BCUT2D eigenvalue weighted by Crippen LogP contribution is -2.43. The smallest absolute Gasteiger partial charge is 0.351 e. The van der Waals surface area contributed by atoms with Gasteiger partial charge in [-0.2, -0.15) is 9.78 Å². The average molecular weight is 551 g/mol. The summed E-state index contributed by atoms with van der Waals surface area (Å²) in [7, 11) is 1.21. The second-order valence-electron chi connectivity index (χ2n) is 8.73. The molecule has 0 unspecified atom stereocenters. The number of pyridine rings is 1. The maximum absolute atomic E-state index is 14.8. The van der Waals surface area contributed by atoms with Gasteiger partial charge < -0.3 is 15.4 Å². The van der Waals surface area contributed by atoms with Gasteiger partial charge in [-0.05, 0) is 49.2 Å². The van der Waals surface area contributed by atoms with Gasteiger partial charge in [0, 0.05) is 42.0 Å². The average Bonchev–Trinajstić information content (AvgIpc) is 3.75. The number of nitrogens with zero attached hydrogens (tertiary/aromatic N) is 4. The number of amides is 2. The van der Waals surface area contributed by atoms with Crippen molar-refractivity contribution >= 4 is 34.9 Å². The molecule has 0 aliphatic heterocycles. The van der Waals surface area contributed by atoms with E-state index in [1.807, 2.05) is 0 Å². The number of halogens is 2. The molecule has 5 rings (SSSR count). The summed E-state index contributed by atoms with van der Waals surface area (Å²) < 4.78 is 22.0. The molecule has 0 bridgehead atoms. The van der Waals surface area contributed by atoms with E-state index in [0.717, 1.165) is 28.2 Å². The predicted octanol–water partition coefficient (Wildman–Crippen LogP) is 3.51. The minimum atomic E-state index is -0.954. The Labute approximate surface area is 224 Å². The first kappa shape index (κ1) is 25.8. The van der Waals surface area contributed by atoms with Crippen molar-refractivity contribution < 1.29 is 18.7 Å². The Bertz CT molecular complexity index is 1730. The van der Waals surface area contributed by atoms with Gasteiger partial charge in [-0.25, -0.2) is 14.2 Å². The van der Waals surface area contributed by atoms with Gasteiger partial charge in [0.2, 0.25) is 11.6 Å². The lowest BCUT2D eigenvalue weighted by Gasteiger charge is -2.11. The van der Waals surface area contributed by atoms with E-state index in [1.54, 1.807) is 12.1 Å². The summed E-state index contributed by atoms with van der Waals surface area (Å²) in [5.41, 5.74) is -2.04. The van der Waals surface area contributed by atoms with E-state index in [9.17, 15) is 23.6 Å². The van der Waals surface area contributed by atoms with Gasteiger partial charge in [-0.1, -0.05) is 17.7 Å². The highest BCUT2D eigenvalue weighted by Gasteiger charge is 2.29. The number of anilines is 2. The van der Waals surface area contributed by atoms with Crippen molar-refractivity contribution in [1.29, 1.82) is 0 Å². The molecular weight excluding hydrogens is 531 g/mol. The van der Waals surface area contributed by atoms with Gasteiger partial charge in [-0.3, -0.25) is 19.0 Å². The van der Waals surface area contributed by atoms with E-state index in [0.29, 0.717) is 5.02 Å². The highest BCUT2D eigenvalue weighted by atomic mass is 35.5. The fraction of sp³-hybridized carbons (Fsp3) is 0.154. The molecular formula is C26H20ClFN6O5. The molecule has 0 atom stereocenters. The molecule has 1 saturated carbocycles. The Morgan fingerprint density at radius 3 is 2.59 bits per heavy atom. The second kappa shape index (κ2) is 10.5. The van der Waals surface area contributed by atoms with Gasteiger partial charge in [0.1, 0.15) is 11.6 Å². The van der Waals surface area contributed by atoms with Crippen molar-refractivity contribution in [3.63, 3.8) is 0 Å². The number of hydrogen-bond acceptors (Lipinski definition) is 7. The molecule has 1 fully saturated rings. The maximum Gasteiger partial charge on any atom is 0.351 e. The molecule has 2 amide bonds. The van der Waals surface area contributed by atoms with E-state index >= 15 is 0 Å². The molecule has 0 radical (unpaired) electrons. The number of ether oxygens (including phenoxy) is 1. The van der Waals surface area contributed by atoms with Gasteiger partial charge in [-0.15, -0.1) is 0 Å².